The number of fused-ring (bicyclic) bond motifs is 2. The Kier molecular flexibility index (Phi) is 8.42. The van der Waals surface area contributed by atoms with E-state index in [9.17, 15) is 0 Å². The van der Waals surface area contributed by atoms with Gasteiger partial charge < -0.3 is 8.83 Å². The summed E-state index contributed by atoms with van der Waals surface area (Å²) in [5.41, 5.74) is 2.35. The maximum Gasteiger partial charge on any atom is 2.00 e. The fourth-order valence-electron chi connectivity index (χ4n) is 4.41. The van der Waals surface area contributed by atoms with E-state index in [1.165, 1.54) is 32.7 Å². The van der Waals surface area contributed by atoms with Gasteiger partial charge in [-0.1, -0.05) is 61.4 Å². The van der Waals surface area contributed by atoms with E-state index in [0.717, 1.165) is 48.7 Å². The first-order chi connectivity index (χ1) is 16.7. The van der Waals surface area contributed by atoms with Crippen molar-refractivity contribution in [3.63, 3.8) is 0 Å². The van der Waals surface area contributed by atoms with Gasteiger partial charge in [0.25, 0.3) is 0 Å². The predicted octanol–water partition coefficient (Wildman–Crippen LogP) is 9.54. The normalized spacial score (nSPS) is 10.8. The van der Waals surface area contributed by atoms with Crippen LogP contribution in [0.15, 0.2) is 106 Å². The molecule has 6 rings (SSSR count). The molecule has 0 spiro atoms. The summed E-state index contributed by atoms with van der Waals surface area (Å²) >= 11 is 0. The Morgan fingerprint density at radius 3 is 1.40 bits per heavy atom. The molecule has 0 fully saturated rings. The first-order valence-electron chi connectivity index (χ1n) is 12.2. The van der Waals surface area contributed by atoms with Crippen LogP contribution < -0.4 is 0 Å². The van der Waals surface area contributed by atoms with Crippen molar-refractivity contribution >= 4 is 21.5 Å². The molecule has 6 aromatic rings. The Morgan fingerprint density at radius 2 is 1.00 bits per heavy atom. The minimum atomic E-state index is 0. The van der Waals surface area contributed by atoms with Crippen LogP contribution in [0.4, 0.5) is 0 Å². The Hall–Kier alpha value is -2.90. The molecule has 0 unspecified atom stereocenters. The minimum Gasteiger partial charge on any atom is -0.496 e. The topological polar surface area (TPSA) is 26.3 Å². The predicted molar refractivity (Wildman–Crippen MR) is 142 cm³/mol. The van der Waals surface area contributed by atoms with Gasteiger partial charge in [0.05, 0.1) is 23.0 Å². The number of aryl methyl sites for hydroxylation is 2. The Morgan fingerprint density at radius 1 is 0.571 bits per heavy atom. The smallest absolute Gasteiger partial charge is 0.496 e. The van der Waals surface area contributed by atoms with Crippen molar-refractivity contribution in [2.24, 2.45) is 0 Å². The van der Waals surface area contributed by atoms with Crippen molar-refractivity contribution in [1.29, 1.82) is 0 Å². The van der Waals surface area contributed by atoms with E-state index in [4.69, 9.17) is 8.83 Å². The van der Waals surface area contributed by atoms with E-state index in [2.05, 4.69) is 111 Å². The van der Waals surface area contributed by atoms with Crippen molar-refractivity contribution < 1.29 is 35.0 Å². The van der Waals surface area contributed by atoms with Crippen molar-refractivity contribution in [1.82, 2.24) is 0 Å². The summed E-state index contributed by atoms with van der Waals surface area (Å²) < 4.78 is 11.7. The first-order valence-corrected chi connectivity index (χ1v) is 12.2. The van der Waals surface area contributed by atoms with Crippen LogP contribution in [0.5, 0.6) is 0 Å². The van der Waals surface area contributed by atoms with Gasteiger partial charge in [-0.15, -0.1) is 57.9 Å². The fraction of sp³-hybridized carbons (Fsp3) is 0.188. The maximum atomic E-state index is 5.84. The van der Waals surface area contributed by atoms with Crippen LogP contribution in [-0.2, 0) is 39.0 Å². The number of benzene rings is 2. The van der Waals surface area contributed by atoms with Gasteiger partial charge in [0.1, 0.15) is 0 Å². The number of furan rings is 2. The van der Waals surface area contributed by atoms with Crippen LogP contribution in [-0.4, -0.2) is 0 Å². The molecular weight excluding hydrogens is 508 g/mol. The third kappa shape index (κ3) is 5.85. The molecule has 35 heavy (non-hydrogen) atoms. The summed E-state index contributed by atoms with van der Waals surface area (Å²) in [5.74, 6) is 4.11. The van der Waals surface area contributed by atoms with Crippen LogP contribution in [0.2, 0.25) is 0 Å². The van der Waals surface area contributed by atoms with E-state index in [1.807, 2.05) is 0 Å². The van der Waals surface area contributed by atoms with Crippen LogP contribution in [0, 0.1) is 0 Å². The van der Waals surface area contributed by atoms with Gasteiger partial charge in [-0.2, -0.15) is 0 Å². The summed E-state index contributed by atoms with van der Waals surface area (Å²) in [6, 6.07) is 33.8. The van der Waals surface area contributed by atoms with E-state index < -0.39 is 0 Å². The molecule has 0 atom stereocenters. The van der Waals surface area contributed by atoms with Crippen molar-refractivity contribution in [2.45, 2.75) is 39.5 Å². The molecule has 174 valence electrons. The summed E-state index contributed by atoms with van der Waals surface area (Å²) in [6.45, 7) is 4.33. The third-order valence-electron chi connectivity index (χ3n) is 6.12. The molecule has 0 saturated carbocycles. The minimum absolute atomic E-state index is 0. The molecule has 0 bridgehead atoms. The molecular formula is C32H30O2Zr. The molecule has 4 aromatic carbocycles. The monoisotopic (exact) mass is 536 g/mol. The molecule has 2 heterocycles. The number of hydrogen-bond acceptors (Lipinski definition) is 2. The van der Waals surface area contributed by atoms with E-state index in [1.54, 1.807) is 0 Å². The van der Waals surface area contributed by atoms with Gasteiger partial charge in [0.15, 0.2) is 0 Å². The van der Waals surface area contributed by atoms with Gasteiger partial charge in [0, 0.05) is 12.8 Å². The van der Waals surface area contributed by atoms with Gasteiger partial charge >= 0.3 is 26.2 Å². The Balaban J connectivity index is 0.000000160. The molecule has 0 N–H and O–H groups in total. The zero-order valence-electron chi connectivity index (χ0n) is 20.4. The molecule has 0 amide bonds. The van der Waals surface area contributed by atoms with Crippen molar-refractivity contribution in [2.75, 3.05) is 0 Å². The largest absolute Gasteiger partial charge is 2.00 e. The van der Waals surface area contributed by atoms with E-state index in [0.29, 0.717) is 0 Å². The number of hydrogen-bond donors (Lipinski definition) is 0. The molecule has 2 aromatic heterocycles. The van der Waals surface area contributed by atoms with Gasteiger partial charge in [0.2, 0.25) is 0 Å². The van der Waals surface area contributed by atoms with E-state index in [-0.39, 0.29) is 26.2 Å². The van der Waals surface area contributed by atoms with Crippen LogP contribution in [0.25, 0.3) is 44.2 Å². The van der Waals surface area contributed by atoms with Gasteiger partial charge in [-0.05, 0) is 37.1 Å². The molecule has 0 saturated heterocycles. The van der Waals surface area contributed by atoms with Crippen LogP contribution in [0.1, 0.15) is 38.2 Å². The molecule has 0 aliphatic rings. The summed E-state index contributed by atoms with van der Waals surface area (Å²) in [5, 5.41) is 5.10. The zero-order chi connectivity index (χ0) is 23.3. The summed E-state index contributed by atoms with van der Waals surface area (Å²) in [7, 11) is 0. The maximum absolute atomic E-state index is 5.84. The van der Waals surface area contributed by atoms with Gasteiger partial charge in [-0.3, -0.25) is 0 Å². The Bertz CT molecular complexity index is 1310. The fourth-order valence-corrected chi connectivity index (χ4v) is 4.41. The number of rotatable bonds is 6. The van der Waals surface area contributed by atoms with Crippen molar-refractivity contribution in [3.8, 4) is 22.6 Å². The van der Waals surface area contributed by atoms with Crippen LogP contribution >= 0.6 is 0 Å². The average molecular weight is 538 g/mol. The standard InChI is InChI=1S/2C16H15O.Zr/c2*1-2-5-15-8-9-16(17-15)14-10-12-6-3-4-7-13(12)11-14;/h2*3-4,6-11H,2,5H2,1H3;/q2*-1;+2. The second-order valence-electron chi connectivity index (χ2n) is 8.78. The van der Waals surface area contributed by atoms with E-state index >= 15 is 0 Å². The molecule has 2 nitrogen and oxygen atoms in total. The Labute approximate surface area is 226 Å². The first kappa shape index (κ1) is 25.2. The van der Waals surface area contributed by atoms with Gasteiger partial charge in [-0.25, -0.2) is 0 Å². The summed E-state index contributed by atoms with van der Waals surface area (Å²) in [6.07, 6.45) is 4.27. The second-order valence-corrected chi connectivity index (χ2v) is 8.78. The molecule has 0 radical (unpaired) electrons. The zero-order valence-corrected chi connectivity index (χ0v) is 22.8. The quantitative estimate of drug-likeness (QED) is 0.198. The SMILES string of the molecule is CCCc1ccc(-c2cc3ccccc3[cH-]2)o1.CCCc1ccc(-c2cc3ccccc3[cH-]2)o1.[Zr+2]. The molecule has 0 aliphatic carbocycles. The van der Waals surface area contributed by atoms with Crippen molar-refractivity contribution in [3.05, 3.63) is 109 Å². The van der Waals surface area contributed by atoms with Crippen LogP contribution in [0.3, 0.4) is 0 Å². The second kappa shape index (κ2) is 11.7. The average Bonchev–Trinajstić information content (AvgIpc) is 3.64. The molecule has 3 heteroatoms. The molecule has 0 aliphatic heterocycles. The third-order valence-corrected chi connectivity index (χ3v) is 6.12. The summed E-state index contributed by atoms with van der Waals surface area (Å²) in [4.78, 5) is 0.